The molecule has 1 aromatic carbocycles. The summed E-state index contributed by atoms with van der Waals surface area (Å²) >= 11 is 0. The molecule has 6 heteroatoms. The Hall–Kier alpha value is -2.73. The van der Waals surface area contributed by atoms with Crippen molar-refractivity contribution in [2.45, 2.75) is 44.2 Å². The van der Waals surface area contributed by atoms with Gasteiger partial charge in [0.1, 0.15) is 0 Å². The summed E-state index contributed by atoms with van der Waals surface area (Å²) in [5, 5.41) is 18.1. The summed E-state index contributed by atoms with van der Waals surface area (Å²) in [7, 11) is 0. The van der Waals surface area contributed by atoms with Crippen LogP contribution in [0.25, 0.3) is 11.1 Å². The number of pyridine rings is 1. The molecule has 132 valence electrons. The normalized spacial score (nSPS) is 21.8. The maximum atomic E-state index is 13.1. The number of hydrogen-bond acceptors (Lipinski definition) is 5. The first kappa shape index (κ1) is 15.5. The Bertz CT molecular complexity index is 1020. The van der Waals surface area contributed by atoms with Gasteiger partial charge < -0.3 is 14.9 Å². The van der Waals surface area contributed by atoms with Gasteiger partial charge in [-0.15, -0.1) is 0 Å². The number of aromatic nitrogens is 2. The molecule has 1 amide bonds. The number of carbonyl (C=O) groups is 1. The average Bonchev–Trinajstić information content (AvgIpc) is 3.36. The zero-order chi connectivity index (χ0) is 17.8. The van der Waals surface area contributed by atoms with Crippen LogP contribution in [0.5, 0.6) is 0 Å². The van der Waals surface area contributed by atoms with Gasteiger partial charge in [-0.3, -0.25) is 4.79 Å². The topological polar surface area (TPSA) is 88.2 Å². The van der Waals surface area contributed by atoms with Gasteiger partial charge in [0.2, 0.25) is 0 Å². The summed E-state index contributed by atoms with van der Waals surface area (Å²) < 4.78 is 5.31. The minimum atomic E-state index is -0.625. The molecule has 5 rings (SSSR count). The van der Waals surface area contributed by atoms with Crippen LogP contribution in [0.4, 0.5) is 0 Å². The van der Waals surface area contributed by atoms with Crippen molar-refractivity contribution >= 4 is 17.0 Å². The SMILES string of the molecule is Cc1noc2nc(C3CC3)cc(C(=O)N[C@H]3c4ccccc4C[C@H]3O)c12. The Morgan fingerprint density at radius 1 is 1.31 bits per heavy atom. The van der Waals surface area contributed by atoms with E-state index in [1.165, 1.54) is 0 Å². The minimum Gasteiger partial charge on any atom is -0.390 e. The van der Waals surface area contributed by atoms with Crippen LogP contribution in [-0.4, -0.2) is 27.3 Å². The standard InChI is InChI=1S/C20H19N3O3/c1-10-17-14(9-15(11-6-7-11)21-20(17)26-23-10)19(25)22-18-13-5-3-2-4-12(13)8-16(18)24/h2-5,9,11,16,18,24H,6-8H2,1H3,(H,22,25)/t16-,18+/m1/s1. The van der Waals surface area contributed by atoms with Crippen LogP contribution in [0.2, 0.25) is 0 Å². The molecule has 2 aliphatic rings. The van der Waals surface area contributed by atoms with Gasteiger partial charge >= 0.3 is 0 Å². The van der Waals surface area contributed by atoms with Gasteiger partial charge in [0.15, 0.2) is 0 Å². The first-order valence-corrected chi connectivity index (χ1v) is 8.95. The van der Waals surface area contributed by atoms with E-state index in [0.717, 1.165) is 29.7 Å². The Morgan fingerprint density at radius 3 is 2.92 bits per heavy atom. The highest BCUT2D eigenvalue weighted by Crippen LogP contribution is 2.40. The molecule has 2 atom stereocenters. The molecule has 0 bridgehead atoms. The molecule has 0 aliphatic heterocycles. The largest absolute Gasteiger partial charge is 0.390 e. The molecule has 2 aromatic heterocycles. The lowest BCUT2D eigenvalue weighted by atomic mass is 10.0. The van der Waals surface area contributed by atoms with Gasteiger partial charge in [0.05, 0.1) is 28.8 Å². The van der Waals surface area contributed by atoms with E-state index in [1.54, 1.807) is 6.92 Å². The Labute approximate surface area is 150 Å². The number of fused-ring (bicyclic) bond motifs is 2. The zero-order valence-electron chi connectivity index (χ0n) is 14.4. The van der Waals surface area contributed by atoms with Crippen molar-refractivity contribution < 1.29 is 14.4 Å². The summed E-state index contributed by atoms with van der Waals surface area (Å²) in [6, 6.07) is 9.27. The van der Waals surface area contributed by atoms with Crippen LogP contribution >= 0.6 is 0 Å². The lowest BCUT2D eigenvalue weighted by molar-refractivity contribution is 0.0859. The molecule has 1 fully saturated rings. The minimum absolute atomic E-state index is 0.230. The van der Waals surface area contributed by atoms with Crippen molar-refractivity contribution in [1.82, 2.24) is 15.5 Å². The summed E-state index contributed by atoms with van der Waals surface area (Å²) in [5.74, 6) is 0.167. The van der Waals surface area contributed by atoms with Crippen molar-refractivity contribution in [3.63, 3.8) is 0 Å². The smallest absolute Gasteiger partial charge is 0.259 e. The number of aliphatic hydroxyl groups is 1. The Morgan fingerprint density at radius 2 is 2.12 bits per heavy atom. The molecule has 3 aromatic rings. The Balaban J connectivity index is 1.54. The fraction of sp³-hybridized carbons (Fsp3) is 0.350. The molecule has 1 saturated carbocycles. The highest BCUT2D eigenvalue weighted by molar-refractivity contribution is 6.06. The number of hydrogen-bond donors (Lipinski definition) is 2. The molecule has 0 radical (unpaired) electrons. The molecule has 2 aliphatic carbocycles. The van der Waals surface area contributed by atoms with Gasteiger partial charge in [0.25, 0.3) is 11.6 Å². The number of benzene rings is 1. The second kappa shape index (κ2) is 5.64. The van der Waals surface area contributed by atoms with E-state index >= 15 is 0 Å². The predicted molar refractivity (Wildman–Crippen MR) is 94.9 cm³/mol. The van der Waals surface area contributed by atoms with Gasteiger partial charge in [-0.2, -0.15) is 0 Å². The number of aryl methyl sites for hydroxylation is 1. The molecule has 0 spiro atoms. The summed E-state index contributed by atoms with van der Waals surface area (Å²) in [5.41, 5.74) is 4.50. The highest BCUT2D eigenvalue weighted by Gasteiger charge is 2.34. The number of aliphatic hydroxyl groups excluding tert-OH is 1. The summed E-state index contributed by atoms with van der Waals surface area (Å²) in [6.45, 7) is 1.81. The van der Waals surface area contributed by atoms with E-state index in [0.29, 0.717) is 34.7 Å². The van der Waals surface area contributed by atoms with Crippen LogP contribution in [0, 0.1) is 6.92 Å². The van der Waals surface area contributed by atoms with Crippen LogP contribution in [0.3, 0.4) is 0 Å². The van der Waals surface area contributed by atoms with E-state index in [4.69, 9.17) is 4.52 Å². The molecule has 0 unspecified atom stereocenters. The number of nitrogens with zero attached hydrogens (tertiary/aromatic N) is 2. The fourth-order valence-corrected chi connectivity index (χ4v) is 3.85. The molecule has 6 nitrogen and oxygen atoms in total. The van der Waals surface area contributed by atoms with Crippen molar-refractivity contribution in [2.24, 2.45) is 0 Å². The van der Waals surface area contributed by atoms with Crippen LogP contribution in [0.15, 0.2) is 34.9 Å². The molecule has 2 N–H and O–H groups in total. The fourth-order valence-electron chi connectivity index (χ4n) is 3.85. The molecule has 26 heavy (non-hydrogen) atoms. The first-order chi connectivity index (χ1) is 12.6. The quantitative estimate of drug-likeness (QED) is 0.759. The van der Waals surface area contributed by atoms with E-state index in [2.05, 4.69) is 15.5 Å². The van der Waals surface area contributed by atoms with E-state index < -0.39 is 12.1 Å². The van der Waals surface area contributed by atoms with Gasteiger partial charge in [0, 0.05) is 18.0 Å². The van der Waals surface area contributed by atoms with Crippen molar-refractivity contribution in [1.29, 1.82) is 0 Å². The third kappa shape index (κ3) is 2.41. The van der Waals surface area contributed by atoms with E-state index in [1.807, 2.05) is 30.3 Å². The first-order valence-electron chi connectivity index (χ1n) is 8.95. The highest BCUT2D eigenvalue weighted by atomic mass is 16.5. The van der Waals surface area contributed by atoms with Crippen molar-refractivity contribution in [2.75, 3.05) is 0 Å². The van der Waals surface area contributed by atoms with Crippen molar-refractivity contribution in [3.05, 3.63) is 58.4 Å². The summed E-state index contributed by atoms with van der Waals surface area (Å²) in [4.78, 5) is 17.6. The summed E-state index contributed by atoms with van der Waals surface area (Å²) in [6.07, 6.45) is 2.09. The molecule has 0 saturated heterocycles. The monoisotopic (exact) mass is 349 g/mol. The van der Waals surface area contributed by atoms with Crippen LogP contribution in [0.1, 0.15) is 57.7 Å². The van der Waals surface area contributed by atoms with Crippen molar-refractivity contribution in [3.8, 4) is 0 Å². The second-order valence-electron chi connectivity index (χ2n) is 7.24. The predicted octanol–water partition coefficient (Wildman–Crippen LogP) is 2.80. The average molecular weight is 349 g/mol. The third-order valence-corrected chi connectivity index (χ3v) is 5.37. The van der Waals surface area contributed by atoms with Crippen LogP contribution in [-0.2, 0) is 6.42 Å². The second-order valence-corrected chi connectivity index (χ2v) is 7.24. The lowest BCUT2D eigenvalue weighted by Crippen LogP contribution is -2.34. The zero-order valence-corrected chi connectivity index (χ0v) is 14.4. The number of carbonyl (C=O) groups excluding carboxylic acids is 1. The van der Waals surface area contributed by atoms with Gasteiger partial charge in [-0.1, -0.05) is 29.4 Å². The van der Waals surface area contributed by atoms with E-state index in [9.17, 15) is 9.90 Å². The Kier molecular flexibility index (Phi) is 3.37. The van der Waals surface area contributed by atoms with E-state index in [-0.39, 0.29) is 5.91 Å². The lowest BCUT2D eigenvalue weighted by Gasteiger charge is -2.18. The van der Waals surface area contributed by atoms with Gasteiger partial charge in [-0.25, -0.2) is 4.98 Å². The van der Waals surface area contributed by atoms with Gasteiger partial charge in [-0.05, 0) is 37.0 Å². The molecular formula is C20H19N3O3. The molecule has 2 heterocycles. The third-order valence-electron chi connectivity index (χ3n) is 5.37. The maximum Gasteiger partial charge on any atom is 0.259 e. The number of nitrogens with one attached hydrogen (secondary N) is 1. The molecular weight excluding hydrogens is 330 g/mol. The number of rotatable bonds is 3. The van der Waals surface area contributed by atoms with Crippen LogP contribution < -0.4 is 5.32 Å². The number of amides is 1. The maximum absolute atomic E-state index is 13.1.